The molecule has 4 rings (SSSR count). The Morgan fingerprint density at radius 2 is 1.77 bits per heavy atom. The van der Waals surface area contributed by atoms with E-state index in [-0.39, 0.29) is 22.6 Å². The Morgan fingerprint density at radius 1 is 0.962 bits per heavy atom. The van der Waals surface area contributed by atoms with Gasteiger partial charge in [-0.15, -0.1) is 0 Å². The number of rotatable bonds is 4. The number of benzene rings is 2. The van der Waals surface area contributed by atoms with E-state index in [0.29, 0.717) is 16.6 Å². The van der Waals surface area contributed by atoms with Gasteiger partial charge in [-0.3, -0.25) is 9.78 Å². The lowest BCUT2D eigenvalue weighted by molar-refractivity contribution is 0.553. The first-order valence-corrected chi connectivity index (χ1v) is 9.14. The van der Waals surface area contributed by atoms with E-state index in [1.54, 1.807) is 18.2 Å². The first-order valence-electron chi connectivity index (χ1n) is 7.66. The Morgan fingerprint density at radius 3 is 2.62 bits per heavy atom. The van der Waals surface area contributed by atoms with E-state index in [1.807, 2.05) is 12.1 Å². The number of oxazole rings is 1. The molecular weight excluding hydrogens is 358 g/mol. The van der Waals surface area contributed by atoms with Gasteiger partial charge in [0.25, 0.3) is 5.56 Å². The fourth-order valence-corrected chi connectivity index (χ4v) is 3.69. The van der Waals surface area contributed by atoms with E-state index in [4.69, 9.17) is 4.42 Å². The van der Waals surface area contributed by atoms with Crippen LogP contribution >= 0.6 is 0 Å². The lowest BCUT2D eigenvalue weighted by atomic mass is 10.1. The molecule has 0 radical (unpaired) electrons. The van der Waals surface area contributed by atoms with Crippen LogP contribution in [0.2, 0.25) is 0 Å². The molecule has 0 aliphatic rings. The zero-order valence-electron chi connectivity index (χ0n) is 13.3. The summed E-state index contributed by atoms with van der Waals surface area (Å²) in [5.41, 5.74) is 1.15. The summed E-state index contributed by atoms with van der Waals surface area (Å²) in [6.45, 7) is -0.169. The third-order valence-corrected chi connectivity index (χ3v) is 5.38. The van der Waals surface area contributed by atoms with Gasteiger partial charge in [0.05, 0.1) is 10.4 Å². The highest BCUT2D eigenvalue weighted by Gasteiger charge is 2.16. The van der Waals surface area contributed by atoms with Gasteiger partial charge in [0, 0.05) is 23.7 Å². The molecule has 4 aromatic rings. The summed E-state index contributed by atoms with van der Waals surface area (Å²) >= 11 is 0. The molecule has 3 N–H and O–H groups in total. The van der Waals surface area contributed by atoms with E-state index < -0.39 is 15.8 Å². The molecule has 0 aliphatic heterocycles. The Hall–Kier alpha value is -3.17. The quantitative estimate of drug-likeness (QED) is 0.501. The van der Waals surface area contributed by atoms with Gasteiger partial charge in [0.15, 0.2) is 5.58 Å². The Kier molecular flexibility index (Phi) is 3.74. The fraction of sp³-hybridized carbons (Fsp3) is 0.0588. The minimum atomic E-state index is -3.89. The molecule has 26 heavy (non-hydrogen) atoms. The average molecular weight is 371 g/mol. The molecular formula is C17H13N3O5S. The van der Waals surface area contributed by atoms with Crippen molar-refractivity contribution >= 4 is 32.0 Å². The van der Waals surface area contributed by atoms with Gasteiger partial charge >= 0.3 is 5.76 Å². The van der Waals surface area contributed by atoms with Crippen LogP contribution in [-0.2, 0) is 16.6 Å². The van der Waals surface area contributed by atoms with Crippen LogP contribution < -0.4 is 16.0 Å². The summed E-state index contributed by atoms with van der Waals surface area (Å²) in [6.07, 6.45) is 0. The molecule has 0 amide bonds. The Balaban J connectivity index is 1.64. The predicted molar refractivity (Wildman–Crippen MR) is 95.4 cm³/mol. The van der Waals surface area contributed by atoms with Crippen molar-refractivity contribution in [1.82, 2.24) is 14.7 Å². The van der Waals surface area contributed by atoms with Crippen molar-refractivity contribution < 1.29 is 12.8 Å². The summed E-state index contributed by atoms with van der Waals surface area (Å²) in [5, 5.41) is 0.803. The SMILES string of the molecule is O=c1[nH]c2ccc(S(=O)(=O)NCc3cc4ccccc4[nH]c3=O)cc2o1. The maximum absolute atomic E-state index is 12.5. The summed E-state index contributed by atoms with van der Waals surface area (Å²) in [4.78, 5) is 28.4. The molecule has 0 saturated carbocycles. The maximum atomic E-state index is 12.5. The highest BCUT2D eigenvalue weighted by Crippen LogP contribution is 2.17. The third kappa shape index (κ3) is 2.93. The normalized spacial score (nSPS) is 12.0. The molecule has 2 aromatic carbocycles. The molecule has 9 heteroatoms. The summed E-state index contributed by atoms with van der Waals surface area (Å²) < 4.78 is 32.2. The topological polar surface area (TPSA) is 125 Å². The number of nitrogens with one attached hydrogen (secondary N) is 3. The molecule has 132 valence electrons. The number of aromatic amines is 2. The van der Waals surface area contributed by atoms with Crippen LogP contribution in [-0.4, -0.2) is 18.4 Å². The van der Waals surface area contributed by atoms with Crippen LogP contribution in [0.25, 0.3) is 22.0 Å². The van der Waals surface area contributed by atoms with Gasteiger partial charge in [-0.2, -0.15) is 0 Å². The Labute approximate surface area is 146 Å². The largest absolute Gasteiger partial charge is 0.417 e. The summed E-state index contributed by atoms with van der Waals surface area (Å²) in [5.74, 6) is -0.662. The van der Waals surface area contributed by atoms with Crippen molar-refractivity contribution in [3.05, 3.63) is 75.0 Å². The fourth-order valence-electron chi connectivity index (χ4n) is 2.67. The molecule has 0 bridgehead atoms. The van der Waals surface area contributed by atoms with E-state index in [9.17, 15) is 18.0 Å². The zero-order valence-corrected chi connectivity index (χ0v) is 14.1. The lowest BCUT2D eigenvalue weighted by Crippen LogP contribution is -2.26. The number of pyridine rings is 1. The van der Waals surface area contributed by atoms with Gasteiger partial charge in [0.1, 0.15) is 0 Å². The van der Waals surface area contributed by atoms with E-state index in [0.717, 1.165) is 5.39 Å². The number of aromatic nitrogens is 2. The average Bonchev–Trinajstić information content (AvgIpc) is 2.99. The standard InChI is InChI=1S/C17H13N3O5S/c21-16-11(7-10-3-1-2-4-13(10)19-16)9-18-26(23,24)12-5-6-14-15(8-12)25-17(22)20-14/h1-8,18H,9H2,(H,19,21)(H,20,22). The van der Waals surface area contributed by atoms with Gasteiger partial charge in [-0.1, -0.05) is 18.2 Å². The number of para-hydroxylation sites is 1. The molecule has 0 fully saturated rings. The van der Waals surface area contributed by atoms with Gasteiger partial charge < -0.3 is 9.40 Å². The van der Waals surface area contributed by atoms with E-state index in [2.05, 4.69) is 14.7 Å². The Bertz CT molecular complexity index is 1350. The van der Waals surface area contributed by atoms with Crippen LogP contribution in [0, 0.1) is 0 Å². The third-order valence-electron chi connectivity index (χ3n) is 3.99. The molecule has 0 aliphatic carbocycles. The van der Waals surface area contributed by atoms with Crippen LogP contribution in [0.5, 0.6) is 0 Å². The van der Waals surface area contributed by atoms with Gasteiger partial charge in [0.2, 0.25) is 10.0 Å². The lowest BCUT2D eigenvalue weighted by Gasteiger charge is -2.07. The van der Waals surface area contributed by atoms with Crippen molar-refractivity contribution in [2.24, 2.45) is 0 Å². The number of hydrogen-bond acceptors (Lipinski definition) is 5. The summed E-state index contributed by atoms with van der Waals surface area (Å²) in [6, 6.07) is 12.9. The number of sulfonamides is 1. The smallest absolute Gasteiger partial charge is 0.408 e. The summed E-state index contributed by atoms with van der Waals surface area (Å²) in [7, 11) is -3.89. The van der Waals surface area contributed by atoms with Crippen LogP contribution in [0.3, 0.4) is 0 Å². The first kappa shape index (κ1) is 16.3. The van der Waals surface area contributed by atoms with Crippen LogP contribution in [0.15, 0.2) is 67.4 Å². The molecule has 0 saturated heterocycles. The van der Waals surface area contributed by atoms with Crippen LogP contribution in [0.1, 0.15) is 5.56 Å². The van der Waals surface area contributed by atoms with E-state index >= 15 is 0 Å². The molecule has 0 unspecified atom stereocenters. The van der Waals surface area contributed by atoms with Crippen molar-refractivity contribution in [2.75, 3.05) is 0 Å². The zero-order chi connectivity index (χ0) is 18.3. The van der Waals surface area contributed by atoms with Crippen molar-refractivity contribution in [1.29, 1.82) is 0 Å². The number of fused-ring (bicyclic) bond motifs is 2. The molecule has 2 heterocycles. The monoisotopic (exact) mass is 371 g/mol. The first-order chi connectivity index (χ1) is 12.4. The molecule has 2 aromatic heterocycles. The van der Waals surface area contributed by atoms with Gasteiger partial charge in [-0.25, -0.2) is 17.9 Å². The minimum Gasteiger partial charge on any atom is -0.408 e. The molecule has 0 atom stereocenters. The highest BCUT2D eigenvalue weighted by atomic mass is 32.2. The van der Waals surface area contributed by atoms with Crippen molar-refractivity contribution in [3.8, 4) is 0 Å². The molecule has 0 spiro atoms. The number of H-pyrrole nitrogens is 2. The van der Waals surface area contributed by atoms with E-state index in [1.165, 1.54) is 18.2 Å². The van der Waals surface area contributed by atoms with Crippen molar-refractivity contribution in [2.45, 2.75) is 11.4 Å². The van der Waals surface area contributed by atoms with Crippen LogP contribution in [0.4, 0.5) is 0 Å². The second-order valence-corrected chi connectivity index (χ2v) is 7.47. The maximum Gasteiger partial charge on any atom is 0.417 e. The number of hydrogen-bond donors (Lipinski definition) is 3. The van der Waals surface area contributed by atoms with Crippen molar-refractivity contribution in [3.63, 3.8) is 0 Å². The second kappa shape index (κ2) is 5.97. The van der Waals surface area contributed by atoms with Gasteiger partial charge in [-0.05, 0) is 29.7 Å². The second-order valence-electron chi connectivity index (χ2n) is 5.71. The molecule has 8 nitrogen and oxygen atoms in total. The minimum absolute atomic E-state index is 0.0648. The highest BCUT2D eigenvalue weighted by molar-refractivity contribution is 7.89. The predicted octanol–water partition coefficient (Wildman–Crippen LogP) is 1.44.